The molecule has 0 aromatic heterocycles. The average Bonchev–Trinajstić information content (AvgIpc) is 2.67. The van der Waals surface area contributed by atoms with E-state index >= 15 is 0 Å². The molecule has 13 heavy (non-hydrogen) atoms. The quantitative estimate of drug-likeness (QED) is 0.607. The van der Waals surface area contributed by atoms with Crippen LogP contribution >= 0.6 is 0 Å². The molecular weight excluding hydrogens is 164 g/mol. The SMILES string of the molecule is CC1CC[C@@H]2C(C)(C=O)[C@@]2(C=O)C1. The highest BCUT2D eigenvalue weighted by atomic mass is 16.1. The van der Waals surface area contributed by atoms with Crippen molar-refractivity contribution in [3.05, 3.63) is 0 Å². The minimum absolute atomic E-state index is 0.285. The minimum atomic E-state index is -0.334. The van der Waals surface area contributed by atoms with E-state index in [1.165, 1.54) is 6.42 Å². The largest absolute Gasteiger partial charge is 0.303 e. The lowest BCUT2D eigenvalue weighted by Gasteiger charge is -2.22. The summed E-state index contributed by atoms with van der Waals surface area (Å²) in [5.41, 5.74) is -0.619. The van der Waals surface area contributed by atoms with Crippen molar-refractivity contribution in [2.45, 2.75) is 33.1 Å². The third kappa shape index (κ3) is 0.839. The summed E-state index contributed by atoms with van der Waals surface area (Å²) < 4.78 is 0. The van der Waals surface area contributed by atoms with Crippen LogP contribution in [0.2, 0.25) is 0 Å². The lowest BCUT2D eigenvalue weighted by atomic mass is 9.81. The van der Waals surface area contributed by atoms with Gasteiger partial charge in [-0.2, -0.15) is 0 Å². The Kier molecular flexibility index (Phi) is 1.67. The van der Waals surface area contributed by atoms with Gasteiger partial charge < -0.3 is 9.59 Å². The molecule has 2 heteroatoms. The first-order valence-corrected chi connectivity index (χ1v) is 5.03. The second-order valence-electron chi connectivity index (χ2n) is 5.00. The average molecular weight is 180 g/mol. The zero-order chi connectivity index (χ0) is 9.69. The van der Waals surface area contributed by atoms with Gasteiger partial charge in [-0.3, -0.25) is 0 Å². The Hall–Kier alpha value is -0.660. The van der Waals surface area contributed by atoms with Crippen molar-refractivity contribution >= 4 is 12.6 Å². The summed E-state index contributed by atoms with van der Waals surface area (Å²) >= 11 is 0. The molecule has 0 saturated heterocycles. The smallest absolute Gasteiger partial charge is 0.127 e. The monoisotopic (exact) mass is 180 g/mol. The number of aldehydes is 2. The predicted octanol–water partition coefficient (Wildman–Crippen LogP) is 1.83. The molecule has 72 valence electrons. The van der Waals surface area contributed by atoms with Crippen molar-refractivity contribution in [2.75, 3.05) is 0 Å². The summed E-state index contributed by atoms with van der Waals surface area (Å²) in [7, 11) is 0. The fraction of sp³-hybridized carbons (Fsp3) is 0.818. The van der Waals surface area contributed by atoms with E-state index in [2.05, 4.69) is 6.92 Å². The third-order valence-corrected chi connectivity index (χ3v) is 4.35. The number of carbonyl (C=O) groups is 2. The van der Waals surface area contributed by atoms with Crippen molar-refractivity contribution < 1.29 is 9.59 Å². The number of hydrogen-bond acceptors (Lipinski definition) is 2. The lowest BCUT2D eigenvalue weighted by Crippen LogP contribution is -2.19. The third-order valence-electron chi connectivity index (χ3n) is 4.35. The van der Waals surface area contributed by atoms with E-state index in [0.717, 1.165) is 25.4 Å². The van der Waals surface area contributed by atoms with Gasteiger partial charge in [-0.25, -0.2) is 0 Å². The maximum absolute atomic E-state index is 11.1. The van der Waals surface area contributed by atoms with Crippen LogP contribution in [0.4, 0.5) is 0 Å². The predicted molar refractivity (Wildman–Crippen MR) is 49.2 cm³/mol. The molecule has 0 bridgehead atoms. The molecule has 0 aromatic rings. The Bertz CT molecular complexity index is 261. The van der Waals surface area contributed by atoms with Crippen molar-refractivity contribution in [2.24, 2.45) is 22.7 Å². The summed E-state index contributed by atoms with van der Waals surface area (Å²) in [6, 6.07) is 0. The Morgan fingerprint density at radius 1 is 1.23 bits per heavy atom. The van der Waals surface area contributed by atoms with Gasteiger partial charge in [0.1, 0.15) is 12.6 Å². The van der Waals surface area contributed by atoms with Gasteiger partial charge in [0.15, 0.2) is 0 Å². The number of rotatable bonds is 2. The van der Waals surface area contributed by atoms with E-state index in [4.69, 9.17) is 0 Å². The summed E-state index contributed by atoms with van der Waals surface area (Å²) in [6.07, 6.45) is 5.18. The molecule has 4 atom stereocenters. The zero-order valence-electron chi connectivity index (χ0n) is 8.25. The Morgan fingerprint density at radius 3 is 2.46 bits per heavy atom. The maximum atomic E-state index is 11.1. The topological polar surface area (TPSA) is 34.1 Å². The van der Waals surface area contributed by atoms with E-state index < -0.39 is 0 Å². The highest BCUT2D eigenvalue weighted by Gasteiger charge is 2.74. The first-order chi connectivity index (χ1) is 6.10. The molecule has 0 aliphatic heterocycles. The molecule has 0 heterocycles. The Balaban J connectivity index is 2.30. The molecule has 0 spiro atoms. The molecule has 2 aliphatic carbocycles. The van der Waals surface area contributed by atoms with Gasteiger partial charge in [-0.05, 0) is 24.7 Å². The van der Waals surface area contributed by atoms with Gasteiger partial charge in [-0.1, -0.05) is 20.3 Å². The normalized spacial score (nSPS) is 53.7. The van der Waals surface area contributed by atoms with E-state index in [0.29, 0.717) is 11.8 Å². The highest BCUT2D eigenvalue weighted by Crippen LogP contribution is 2.73. The van der Waals surface area contributed by atoms with Crippen LogP contribution in [-0.2, 0) is 9.59 Å². The molecule has 2 fully saturated rings. The molecular formula is C11H16O2. The lowest BCUT2D eigenvalue weighted by molar-refractivity contribution is -0.119. The van der Waals surface area contributed by atoms with Crippen LogP contribution < -0.4 is 0 Å². The summed E-state index contributed by atoms with van der Waals surface area (Å²) in [5.74, 6) is 0.939. The fourth-order valence-corrected chi connectivity index (χ4v) is 3.35. The van der Waals surface area contributed by atoms with Crippen molar-refractivity contribution in [1.82, 2.24) is 0 Å². The van der Waals surface area contributed by atoms with Crippen LogP contribution in [0.1, 0.15) is 33.1 Å². The van der Waals surface area contributed by atoms with Gasteiger partial charge in [0.2, 0.25) is 0 Å². The van der Waals surface area contributed by atoms with Gasteiger partial charge in [0.05, 0.1) is 0 Å². The molecule has 2 rings (SSSR count). The van der Waals surface area contributed by atoms with E-state index in [9.17, 15) is 9.59 Å². The van der Waals surface area contributed by atoms with Gasteiger partial charge in [0.25, 0.3) is 0 Å². The summed E-state index contributed by atoms with van der Waals surface area (Å²) in [6.45, 7) is 4.11. The van der Waals surface area contributed by atoms with Crippen LogP contribution in [0.15, 0.2) is 0 Å². The molecule has 0 N–H and O–H groups in total. The first kappa shape index (κ1) is 8.92. The summed E-state index contributed by atoms with van der Waals surface area (Å²) in [4.78, 5) is 22.1. The Labute approximate surface area is 78.7 Å². The number of hydrogen-bond donors (Lipinski definition) is 0. The number of fused-ring (bicyclic) bond motifs is 1. The first-order valence-electron chi connectivity index (χ1n) is 5.03. The van der Waals surface area contributed by atoms with Crippen LogP contribution in [0.5, 0.6) is 0 Å². The second kappa shape index (κ2) is 2.43. The molecule has 2 aliphatic rings. The van der Waals surface area contributed by atoms with Crippen molar-refractivity contribution in [1.29, 1.82) is 0 Å². The van der Waals surface area contributed by atoms with Crippen LogP contribution in [-0.4, -0.2) is 12.6 Å². The summed E-state index contributed by atoms with van der Waals surface area (Å²) in [5, 5.41) is 0. The highest BCUT2D eigenvalue weighted by molar-refractivity contribution is 5.82. The molecule has 2 saturated carbocycles. The zero-order valence-corrected chi connectivity index (χ0v) is 8.25. The molecule has 0 amide bonds. The van der Waals surface area contributed by atoms with Crippen LogP contribution in [0, 0.1) is 22.7 Å². The fourth-order valence-electron chi connectivity index (χ4n) is 3.35. The van der Waals surface area contributed by atoms with Crippen molar-refractivity contribution in [3.63, 3.8) is 0 Å². The molecule has 2 nitrogen and oxygen atoms in total. The molecule has 0 radical (unpaired) electrons. The van der Waals surface area contributed by atoms with E-state index in [-0.39, 0.29) is 10.8 Å². The maximum Gasteiger partial charge on any atom is 0.127 e. The van der Waals surface area contributed by atoms with Crippen LogP contribution in [0.25, 0.3) is 0 Å². The Morgan fingerprint density at radius 2 is 1.92 bits per heavy atom. The van der Waals surface area contributed by atoms with E-state index in [1.54, 1.807) is 0 Å². The van der Waals surface area contributed by atoms with Gasteiger partial charge >= 0.3 is 0 Å². The second-order valence-corrected chi connectivity index (χ2v) is 5.00. The minimum Gasteiger partial charge on any atom is -0.303 e. The van der Waals surface area contributed by atoms with Crippen molar-refractivity contribution in [3.8, 4) is 0 Å². The molecule has 0 aromatic carbocycles. The van der Waals surface area contributed by atoms with E-state index in [1.807, 2.05) is 6.92 Å². The number of carbonyl (C=O) groups excluding carboxylic acids is 2. The standard InChI is InChI=1S/C11H16O2/c1-8-3-4-9-10(2,6-12)11(9,5-8)7-13/h6-9H,3-5H2,1-2H3/t8?,9-,10?,11-/m1/s1. The van der Waals surface area contributed by atoms with Gasteiger partial charge in [0, 0.05) is 10.8 Å². The molecule has 2 unspecified atom stereocenters. The van der Waals surface area contributed by atoms with Crippen LogP contribution in [0.3, 0.4) is 0 Å². The van der Waals surface area contributed by atoms with Gasteiger partial charge in [-0.15, -0.1) is 0 Å².